The van der Waals surface area contributed by atoms with Gasteiger partial charge < -0.3 is 37.3 Å². The second-order valence-corrected chi connectivity index (χ2v) is 20.3. The quantitative estimate of drug-likeness (QED) is 0.0413. The minimum atomic E-state index is -1.08. The molecule has 0 spiro atoms. The van der Waals surface area contributed by atoms with Crippen LogP contribution in [0.25, 0.3) is 0 Å². The summed E-state index contributed by atoms with van der Waals surface area (Å²) in [5, 5.41) is 8.52. The summed E-state index contributed by atoms with van der Waals surface area (Å²) in [7, 11) is -1.08. The van der Waals surface area contributed by atoms with Crippen molar-refractivity contribution in [2.24, 2.45) is 22.7 Å². The van der Waals surface area contributed by atoms with Crippen molar-refractivity contribution in [3.63, 3.8) is 0 Å². The topological polar surface area (TPSA) is 67.2 Å². The van der Waals surface area contributed by atoms with Crippen LogP contribution in [0, 0.1) is 47.8 Å². The molecule has 0 amide bonds. The fraction of sp³-hybridized carbons (Fsp3) is 0.942. The van der Waals surface area contributed by atoms with E-state index >= 15 is 0 Å². The van der Waals surface area contributed by atoms with Gasteiger partial charge in [-0.15, -0.1) is 6.54 Å². The second kappa shape index (κ2) is 44.6. The van der Waals surface area contributed by atoms with E-state index in [0.717, 1.165) is 82.6 Å². The van der Waals surface area contributed by atoms with E-state index in [4.69, 9.17) is 23.8 Å². The van der Waals surface area contributed by atoms with Crippen molar-refractivity contribution < 1.29 is 73.7 Å². The van der Waals surface area contributed by atoms with Gasteiger partial charge in [-0.25, -0.2) is 4.67 Å². The molecule has 6 rings (SSSR count). The molecule has 376 valence electrons. The molecule has 0 aromatic heterocycles. The Morgan fingerprint density at radius 2 is 1.03 bits per heavy atom. The van der Waals surface area contributed by atoms with Gasteiger partial charge in [0.25, 0.3) is 8.53 Å². The molecule has 63 heavy (non-hydrogen) atoms. The zero-order valence-electron chi connectivity index (χ0n) is 42.5. The Morgan fingerprint density at radius 1 is 0.619 bits per heavy atom. The van der Waals surface area contributed by atoms with E-state index in [1.54, 1.807) is 0 Å². The van der Waals surface area contributed by atoms with Gasteiger partial charge in [-0.05, 0) is 153 Å². The average molecular weight is 1160 g/mol. The molecule has 0 aliphatic heterocycles. The van der Waals surface area contributed by atoms with Crippen LogP contribution in [-0.2, 0) is 73.7 Å². The Morgan fingerprint density at radius 3 is 1.41 bits per heavy atom. The monoisotopic (exact) mass is 1160 g/mol. The zero-order chi connectivity index (χ0) is 44.3. The first-order valence-electron chi connectivity index (χ1n) is 25.9. The first-order chi connectivity index (χ1) is 29.2. The van der Waals surface area contributed by atoms with E-state index in [2.05, 4.69) is 57.2 Å². The van der Waals surface area contributed by atoms with Crippen molar-refractivity contribution in [3.05, 3.63) is 13.8 Å². The normalized spacial score (nSPS) is 23.9. The SMILES string of the molecule is C1CCCC1.C1CCCC1.CC.CC.[CH2-]CCOP(OCCC#N)N(C(C)C)C(C)C.[CH2-]CN(CCCOCCCC12CCC(CC1)C2)CCCOCC12CCC(CC1)C2.[Fe].[Fe].[W+2]. The van der Waals surface area contributed by atoms with Gasteiger partial charge in [-0.1, -0.05) is 91.9 Å². The Balaban J connectivity index is -0.000000897. The Labute approximate surface area is 430 Å². The van der Waals surface area contributed by atoms with Crippen LogP contribution in [0.4, 0.5) is 0 Å². The molecule has 0 aromatic rings. The molecule has 7 nitrogen and oxygen atoms in total. The number of rotatable bonds is 24. The number of ether oxygens (including phenoxy) is 2. The van der Waals surface area contributed by atoms with Crippen LogP contribution in [0.1, 0.15) is 222 Å². The van der Waals surface area contributed by atoms with E-state index in [0.29, 0.717) is 37.1 Å². The zero-order valence-corrected chi connectivity index (χ0v) is 48.5. The molecule has 0 saturated heterocycles. The van der Waals surface area contributed by atoms with Crippen molar-refractivity contribution in [1.29, 1.82) is 5.26 Å². The standard InChI is InChI=1S/C26H46NO2.C12H24N2O2P.2C5H10.2C2H6.2Fe.W/c1-2-27(16-5-19-29-22-26-13-8-24(21-26)9-14-26)15-4-18-28-17-3-10-25-11-6-23(20-25)7-12-25;1-6-9-15-17(16-10-7-8-13)14(11(2)3)12(4)5;2*1-2-4-5-3-1;2*1-2;;;/h23-24H,1-22H2;11-12H,1,6-7,9-10H2,2-5H3;2*1-5H2;2*1-2H3;;;/q2*-1;;;;;;;+2. The first kappa shape index (κ1) is 68.7. The summed E-state index contributed by atoms with van der Waals surface area (Å²) in [4.78, 5) is 2.46. The minimum absolute atomic E-state index is 0. The summed E-state index contributed by atoms with van der Waals surface area (Å²) >= 11 is 0. The van der Waals surface area contributed by atoms with E-state index < -0.39 is 8.53 Å². The van der Waals surface area contributed by atoms with Crippen LogP contribution in [0.15, 0.2) is 0 Å². The third-order valence-corrected chi connectivity index (χ3v) is 15.6. The van der Waals surface area contributed by atoms with E-state index in [9.17, 15) is 0 Å². The van der Waals surface area contributed by atoms with Crippen molar-refractivity contribution in [2.75, 3.05) is 59.3 Å². The fourth-order valence-corrected chi connectivity index (χ4v) is 12.1. The third-order valence-electron chi connectivity index (χ3n) is 13.5. The van der Waals surface area contributed by atoms with Crippen molar-refractivity contribution in [3.8, 4) is 6.07 Å². The number of fused-ring (bicyclic) bond motifs is 4. The molecule has 6 aliphatic rings. The van der Waals surface area contributed by atoms with Gasteiger partial charge in [0.2, 0.25) is 0 Å². The smallest absolute Gasteiger partial charge is 0.381 e. The largest absolute Gasteiger partial charge is 2.00 e. The predicted molar refractivity (Wildman–Crippen MR) is 260 cm³/mol. The Kier molecular flexibility index (Phi) is 48.6. The molecule has 6 fully saturated rings. The summed E-state index contributed by atoms with van der Waals surface area (Å²) < 4.78 is 25.7. The summed E-state index contributed by atoms with van der Waals surface area (Å²) in [6, 6.07) is 2.78. The van der Waals surface area contributed by atoms with Crippen LogP contribution in [0.5, 0.6) is 0 Å². The Hall–Kier alpha value is 1.41. The predicted octanol–water partition coefficient (Wildman–Crippen LogP) is 15.3. The van der Waals surface area contributed by atoms with Gasteiger partial charge in [0.15, 0.2) is 0 Å². The maximum Gasteiger partial charge on any atom is 2.00 e. The van der Waals surface area contributed by atoms with Gasteiger partial charge in [-0.3, -0.25) is 0 Å². The molecule has 0 aromatic carbocycles. The molecule has 4 bridgehead atoms. The minimum Gasteiger partial charge on any atom is -0.381 e. The van der Waals surface area contributed by atoms with Crippen molar-refractivity contribution in [2.45, 2.75) is 234 Å². The molecule has 6 saturated carbocycles. The van der Waals surface area contributed by atoms with Gasteiger partial charge in [0.05, 0.1) is 25.7 Å². The summed E-state index contributed by atoms with van der Waals surface area (Å²) in [5.74, 6) is 2.10. The number of hydrogen-bond donors (Lipinski definition) is 0. The number of nitrogens with zero attached hydrogens (tertiary/aromatic N) is 3. The van der Waals surface area contributed by atoms with Crippen LogP contribution >= 0.6 is 8.53 Å². The molecule has 0 heterocycles. The van der Waals surface area contributed by atoms with Crippen LogP contribution < -0.4 is 0 Å². The number of hydrogen-bond acceptors (Lipinski definition) is 7. The van der Waals surface area contributed by atoms with Crippen LogP contribution in [0.3, 0.4) is 0 Å². The summed E-state index contributed by atoms with van der Waals surface area (Å²) in [5.41, 5.74) is 1.31. The average Bonchev–Trinajstić information content (AvgIpc) is 4.14. The fourth-order valence-electron chi connectivity index (χ4n) is 10.5. The van der Waals surface area contributed by atoms with Crippen molar-refractivity contribution >= 4 is 8.53 Å². The molecule has 1 atom stereocenters. The van der Waals surface area contributed by atoms with Gasteiger partial charge in [0, 0.05) is 72.6 Å². The van der Waals surface area contributed by atoms with Crippen LogP contribution in [-0.4, -0.2) is 80.9 Å². The van der Waals surface area contributed by atoms with E-state index in [1.807, 2.05) is 27.7 Å². The molecule has 0 radical (unpaired) electrons. The van der Waals surface area contributed by atoms with E-state index in [-0.39, 0.29) is 55.2 Å². The molecular weight excluding hydrogens is 1060 g/mol. The van der Waals surface area contributed by atoms with Crippen molar-refractivity contribution in [1.82, 2.24) is 9.57 Å². The molecule has 0 N–H and O–H groups in total. The molecule has 6 aliphatic carbocycles. The first-order valence-corrected chi connectivity index (χ1v) is 27.1. The third kappa shape index (κ3) is 30.6. The second-order valence-electron chi connectivity index (χ2n) is 18.9. The molecular formula is C52H102Fe2N3O4PW. The van der Waals surface area contributed by atoms with Gasteiger partial charge >= 0.3 is 21.1 Å². The van der Waals surface area contributed by atoms with Gasteiger partial charge in [0.1, 0.15) is 0 Å². The van der Waals surface area contributed by atoms with E-state index in [1.165, 1.54) is 141 Å². The summed E-state index contributed by atoms with van der Waals surface area (Å²) in [6.07, 6.45) is 35.8. The molecule has 1 unspecified atom stereocenters. The summed E-state index contributed by atoms with van der Waals surface area (Å²) in [6.45, 7) is 32.3. The Bertz CT molecular complexity index is 971. The number of nitriles is 1. The maximum absolute atomic E-state index is 8.52. The van der Waals surface area contributed by atoms with Gasteiger partial charge in [-0.2, -0.15) is 11.7 Å². The molecule has 11 heteroatoms. The maximum atomic E-state index is 8.52. The van der Waals surface area contributed by atoms with Crippen LogP contribution in [0.2, 0.25) is 0 Å².